The Morgan fingerprint density at radius 1 is 1.21 bits per heavy atom. The van der Waals surface area contributed by atoms with Gasteiger partial charge in [0.05, 0.1) is 5.39 Å². The summed E-state index contributed by atoms with van der Waals surface area (Å²) < 4.78 is 0. The highest BCUT2D eigenvalue weighted by molar-refractivity contribution is 7.19. The highest BCUT2D eigenvalue weighted by Gasteiger charge is 2.28. The van der Waals surface area contributed by atoms with E-state index in [1.54, 1.807) is 4.90 Å². The van der Waals surface area contributed by atoms with Gasteiger partial charge in [0, 0.05) is 51.6 Å². The zero-order chi connectivity index (χ0) is 20.5. The average molecular weight is 416 g/mol. The minimum Gasteiger partial charge on any atom is -0.352 e. The maximum Gasteiger partial charge on any atom is 0.319 e. The molecule has 0 saturated carbocycles. The number of rotatable bonds is 4. The van der Waals surface area contributed by atoms with Crippen molar-refractivity contribution >= 4 is 33.4 Å². The molecule has 29 heavy (non-hydrogen) atoms. The molecule has 0 bridgehead atoms. The summed E-state index contributed by atoms with van der Waals surface area (Å²) in [6.07, 6.45) is 6.78. The zero-order valence-corrected chi connectivity index (χ0v) is 19.0. The molecule has 1 aliphatic carbocycles. The number of hydrogen-bond donors (Lipinski definition) is 0. The van der Waals surface area contributed by atoms with Crippen LogP contribution in [0.2, 0.25) is 0 Å². The minimum absolute atomic E-state index is 0.100. The first-order chi connectivity index (χ1) is 14.0. The topological polar surface area (TPSA) is 52.6 Å². The van der Waals surface area contributed by atoms with Gasteiger partial charge in [0.25, 0.3) is 0 Å². The smallest absolute Gasteiger partial charge is 0.319 e. The molecular formula is C22H33N5OS. The van der Waals surface area contributed by atoms with Crippen molar-refractivity contribution in [3.63, 3.8) is 0 Å². The second kappa shape index (κ2) is 8.46. The van der Waals surface area contributed by atoms with E-state index in [1.165, 1.54) is 33.5 Å². The Labute approximate surface area is 177 Å². The number of anilines is 1. The first kappa shape index (κ1) is 20.4. The van der Waals surface area contributed by atoms with Gasteiger partial charge in [-0.25, -0.2) is 14.8 Å². The SMILES string of the molecule is CCCCc1nc(N2CCN(C(=O)N(C)C)CC2)c2c3c(sc2n1)C[C@H](C)CC3. The van der Waals surface area contributed by atoms with E-state index in [1.807, 2.05) is 30.3 Å². The third kappa shape index (κ3) is 4.06. The zero-order valence-electron chi connectivity index (χ0n) is 18.2. The van der Waals surface area contributed by atoms with Crippen LogP contribution in [0.4, 0.5) is 10.6 Å². The van der Waals surface area contributed by atoms with Gasteiger partial charge < -0.3 is 14.7 Å². The summed E-state index contributed by atoms with van der Waals surface area (Å²) in [5.41, 5.74) is 1.49. The van der Waals surface area contributed by atoms with Gasteiger partial charge in [-0.2, -0.15) is 0 Å². The van der Waals surface area contributed by atoms with E-state index in [-0.39, 0.29) is 6.03 Å². The maximum atomic E-state index is 12.3. The van der Waals surface area contributed by atoms with E-state index in [0.717, 1.165) is 69.4 Å². The van der Waals surface area contributed by atoms with E-state index in [0.29, 0.717) is 0 Å². The lowest BCUT2D eigenvalue weighted by atomic mass is 9.89. The minimum atomic E-state index is 0.100. The maximum absolute atomic E-state index is 12.3. The van der Waals surface area contributed by atoms with Crippen molar-refractivity contribution in [3.8, 4) is 0 Å². The molecule has 2 amide bonds. The number of aromatic nitrogens is 2. The molecular weight excluding hydrogens is 382 g/mol. The number of unbranched alkanes of at least 4 members (excludes halogenated alkanes) is 1. The van der Waals surface area contributed by atoms with Crippen LogP contribution in [-0.2, 0) is 19.3 Å². The first-order valence-electron chi connectivity index (χ1n) is 11.0. The van der Waals surface area contributed by atoms with E-state index in [2.05, 4.69) is 18.7 Å². The van der Waals surface area contributed by atoms with Gasteiger partial charge in [-0.3, -0.25) is 0 Å². The third-order valence-corrected chi connectivity index (χ3v) is 7.32. The monoisotopic (exact) mass is 415 g/mol. The Morgan fingerprint density at radius 3 is 2.66 bits per heavy atom. The van der Waals surface area contributed by atoms with Crippen molar-refractivity contribution < 1.29 is 4.79 Å². The van der Waals surface area contributed by atoms with E-state index in [4.69, 9.17) is 9.97 Å². The van der Waals surface area contributed by atoms with Crippen molar-refractivity contribution in [2.45, 2.75) is 52.4 Å². The van der Waals surface area contributed by atoms with Crippen LogP contribution < -0.4 is 4.90 Å². The van der Waals surface area contributed by atoms with Crippen LogP contribution in [0, 0.1) is 5.92 Å². The fourth-order valence-electron chi connectivity index (χ4n) is 4.43. The number of urea groups is 1. The fraction of sp³-hybridized carbons (Fsp3) is 0.682. The molecule has 1 atom stereocenters. The Kier molecular flexibility index (Phi) is 5.95. The van der Waals surface area contributed by atoms with Gasteiger partial charge >= 0.3 is 6.03 Å². The number of piperazine rings is 1. The van der Waals surface area contributed by atoms with Crippen molar-refractivity contribution in [2.75, 3.05) is 45.2 Å². The standard InChI is InChI=1S/C22H33N5OS/c1-5-6-7-18-23-20(26-10-12-27(13-11-26)22(28)25(3)4)19-16-9-8-15(2)14-17(16)29-21(19)24-18/h15H,5-14H2,1-4H3/t15-/m1/s1. The number of hydrogen-bond acceptors (Lipinski definition) is 5. The summed E-state index contributed by atoms with van der Waals surface area (Å²) in [6.45, 7) is 7.73. The highest BCUT2D eigenvalue weighted by atomic mass is 32.1. The molecule has 0 spiro atoms. The lowest BCUT2D eigenvalue weighted by molar-refractivity contribution is 0.168. The van der Waals surface area contributed by atoms with Gasteiger partial charge in [0.1, 0.15) is 16.5 Å². The van der Waals surface area contributed by atoms with Gasteiger partial charge in [-0.15, -0.1) is 11.3 Å². The molecule has 0 aromatic carbocycles. The summed E-state index contributed by atoms with van der Waals surface area (Å²) in [6, 6.07) is 0.100. The molecule has 7 heteroatoms. The van der Waals surface area contributed by atoms with Crippen LogP contribution in [0.25, 0.3) is 10.2 Å². The van der Waals surface area contributed by atoms with Crippen molar-refractivity contribution in [2.24, 2.45) is 5.92 Å². The Hall–Kier alpha value is -1.89. The number of fused-ring (bicyclic) bond motifs is 3. The normalized spacial score (nSPS) is 19.5. The number of carbonyl (C=O) groups excluding carboxylic acids is 1. The highest BCUT2D eigenvalue weighted by Crippen LogP contribution is 2.41. The van der Waals surface area contributed by atoms with E-state index in [9.17, 15) is 4.79 Å². The quantitative estimate of drug-likeness (QED) is 0.758. The average Bonchev–Trinajstić information content (AvgIpc) is 3.08. The van der Waals surface area contributed by atoms with Crippen LogP contribution in [-0.4, -0.2) is 66.1 Å². The van der Waals surface area contributed by atoms with Gasteiger partial charge in [-0.1, -0.05) is 20.3 Å². The van der Waals surface area contributed by atoms with Crippen LogP contribution >= 0.6 is 11.3 Å². The second-order valence-electron chi connectivity index (χ2n) is 8.75. The molecule has 2 aliphatic rings. The summed E-state index contributed by atoms with van der Waals surface area (Å²) in [5, 5.41) is 1.30. The molecule has 6 nitrogen and oxygen atoms in total. The molecule has 158 valence electrons. The van der Waals surface area contributed by atoms with Crippen molar-refractivity contribution in [3.05, 3.63) is 16.3 Å². The number of thiophene rings is 1. The van der Waals surface area contributed by atoms with Crippen LogP contribution in [0.5, 0.6) is 0 Å². The molecule has 1 fully saturated rings. The Bertz CT molecular complexity index is 885. The van der Waals surface area contributed by atoms with Crippen molar-refractivity contribution in [1.29, 1.82) is 0 Å². The summed E-state index contributed by atoms with van der Waals surface area (Å²) in [5.74, 6) is 2.85. The van der Waals surface area contributed by atoms with Crippen LogP contribution in [0.15, 0.2) is 0 Å². The number of nitrogens with zero attached hydrogens (tertiary/aromatic N) is 5. The van der Waals surface area contributed by atoms with Gasteiger partial charge in [-0.05, 0) is 37.2 Å². The van der Waals surface area contributed by atoms with E-state index >= 15 is 0 Å². The van der Waals surface area contributed by atoms with Crippen LogP contribution in [0.1, 0.15) is 49.4 Å². The lowest BCUT2D eigenvalue weighted by Crippen LogP contribution is -2.51. The van der Waals surface area contributed by atoms with Crippen molar-refractivity contribution in [1.82, 2.24) is 19.8 Å². The third-order valence-electron chi connectivity index (χ3n) is 6.17. The molecule has 1 aliphatic heterocycles. The molecule has 0 radical (unpaired) electrons. The Morgan fingerprint density at radius 2 is 1.97 bits per heavy atom. The molecule has 2 aromatic heterocycles. The van der Waals surface area contributed by atoms with E-state index < -0.39 is 0 Å². The summed E-state index contributed by atoms with van der Waals surface area (Å²) >= 11 is 1.89. The summed E-state index contributed by atoms with van der Waals surface area (Å²) in [4.78, 5) is 31.1. The summed E-state index contributed by atoms with van der Waals surface area (Å²) in [7, 11) is 3.64. The number of aryl methyl sites for hydroxylation is 2. The lowest BCUT2D eigenvalue weighted by Gasteiger charge is -2.37. The first-order valence-corrected chi connectivity index (χ1v) is 11.8. The number of carbonyl (C=O) groups is 1. The second-order valence-corrected chi connectivity index (χ2v) is 9.83. The molecule has 0 unspecified atom stereocenters. The molecule has 0 N–H and O–H groups in total. The predicted octanol–water partition coefficient (Wildman–Crippen LogP) is 3.96. The van der Waals surface area contributed by atoms with Crippen LogP contribution in [0.3, 0.4) is 0 Å². The Balaban J connectivity index is 1.67. The van der Waals surface area contributed by atoms with Gasteiger partial charge in [0.2, 0.25) is 0 Å². The largest absolute Gasteiger partial charge is 0.352 e. The fourth-order valence-corrected chi connectivity index (χ4v) is 5.83. The molecule has 1 saturated heterocycles. The predicted molar refractivity (Wildman–Crippen MR) is 120 cm³/mol. The number of amides is 2. The molecule has 4 rings (SSSR count). The molecule has 2 aromatic rings. The molecule has 3 heterocycles. The van der Waals surface area contributed by atoms with Gasteiger partial charge in [0.15, 0.2) is 0 Å².